The number of amides is 3. The van der Waals surface area contributed by atoms with Crippen LogP contribution in [0, 0.1) is 11.3 Å². The van der Waals surface area contributed by atoms with Crippen molar-refractivity contribution in [1.82, 2.24) is 20.9 Å². The number of carbonyl (C=O) groups excluding carboxylic acids is 4. The van der Waals surface area contributed by atoms with Crippen LogP contribution in [-0.2, 0) is 35.1 Å². The fourth-order valence-corrected chi connectivity index (χ4v) is 5.27. The highest BCUT2D eigenvalue weighted by atomic mass is 16.6. The number of ether oxygens (including phenoxy) is 3. The Kier molecular flexibility index (Phi) is 11.3. The maximum Gasteiger partial charge on any atom is 0.244 e. The van der Waals surface area contributed by atoms with Gasteiger partial charge in [-0.1, -0.05) is 23.8 Å². The Balaban J connectivity index is 1.49. The Morgan fingerprint density at radius 1 is 1.02 bits per heavy atom. The number of epoxide rings is 1. The Labute approximate surface area is 252 Å². The molecular formula is C31H41N5O7. The van der Waals surface area contributed by atoms with Crippen molar-refractivity contribution < 1.29 is 33.4 Å². The number of carbonyl (C=O) groups is 4. The van der Waals surface area contributed by atoms with Crippen LogP contribution in [-0.4, -0.2) is 98.7 Å². The predicted octanol–water partition coefficient (Wildman–Crippen LogP) is 0.796. The summed E-state index contributed by atoms with van der Waals surface area (Å²) in [4.78, 5) is 55.2. The third-order valence-electron chi connectivity index (χ3n) is 7.98. The second-order valence-corrected chi connectivity index (χ2v) is 11.4. The van der Waals surface area contributed by atoms with Crippen molar-refractivity contribution in [2.75, 3.05) is 46.6 Å². The van der Waals surface area contributed by atoms with E-state index in [-0.39, 0.29) is 25.2 Å². The zero-order chi connectivity index (χ0) is 30.8. The van der Waals surface area contributed by atoms with Gasteiger partial charge in [-0.15, -0.1) is 0 Å². The van der Waals surface area contributed by atoms with Gasteiger partial charge in [-0.3, -0.25) is 24.1 Å². The van der Waals surface area contributed by atoms with Crippen LogP contribution < -0.4 is 20.7 Å². The van der Waals surface area contributed by atoms with Crippen LogP contribution in [0.3, 0.4) is 0 Å². The van der Waals surface area contributed by atoms with Gasteiger partial charge in [-0.25, -0.2) is 0 Å². The topological polar surface area (TPSA) is 162 Å². The van der Waals surface area contributed by atoms with Crippen molar-refractivity contribution in [2.24, 2.45) is 0 Å². The van der Waals surface area contributed by atoms with E-state index in [0.717, 1.165) is 30.4 Å². The third kappa shape index (κ3) is 9.35. The predicted molar refractivity (Wildman–Crippen MR) is 156 cm³/mol. The molecule has 4 rings (SSSR count). The van der Waals surface area contributed by atoms with E-state index in [1.165, 1.54) is 0 Å². The highest BCUT2D eigenvalue weighted by Gasteiger charge is 2.50. The molecule has 3 aliphatic rings. The second-order valence-electron chi connectivity index (χ2n) is 11.4. The first-order valence-corrected chi connectivity index (χ1v) is 14.8. The molecule has 2 fully saturated rings. The second kappa shape index (κ2) is 15.1. The van der Waals surface area contributed by atoms with Gasteiger partial charge in [0, 0.05) is 19.5 Å². The first-order valence-electron chi connectivity index (χ1n) is 14.8. The minimum atomic E-state index is -1.16. The molecule has 232 valence electrons. The highest BCUT2D eigenvalue weighted by molar-refractivity contribution is 5.98. The lowest BCUT2D eigenvalue weighted by molar-refractivity contribution is -0.134. The van der Waals surface area contributed by atoms with Gasteiger partial charge in [0.05, 0.1) is 52.0 Å². The largest absolute Gasteiger partial charge is 0.497 e. The summed E-state index contributed by atoms with van der Waals surface area (Å²) in [5.41, 5.74) is 0.915. The maximum atomic E-state index is 13.8. The van der Waals surface area contributed by atoms with Gasteiger partial charge in [-0.2, -0.15) is 5.26 Å². The molecule has 0 bridgehead atoms. The lowest BCUT2D eigenvalue weighted by Gasteiger charge is -2.27. The molecule has 2 aliphatic heterocycles. The average Bonchev–Trinajstić information content (AvgIpc) is 3.54. The molecule has 0 radical (unpaired) electrons. The lowest BCUT2D eigenvalue weighted by Crippen LogP contribution is -2.57. The first kappa shape index (κ1) is 32.1. The number of hydrogen-bond acceptors (Lipinski definition) is 9. The summed E-state index contributed by atoms with van der Waals surface area (Å²) in [6.45, 7) is 4.28. The van der Waals surface area contributed by atoms with E-state index in [1.54, 1.807) is 38.3 Å². The van der Waals surface area contributed by atoms with Crippen LogP contribution in [0.2, 0.25) is 0 Å². The summed E-state index contributed by atoms with van der Waals surface area (Å²) >= 11 is 0. The molecule has 43 heavy (non-hydrogen) atoms. The van der Waals surface area contributed by atoms with Crippen LogP contribution in [0.4, 0.5) is 0 Å². The quantitative estimate of drug-likeness (QED) is 0.197. The molecule has 12 heteroatoms. The molecular weight excluding hydrogens is 554 g/mol. The number of nitriles is 1. The zero-order valence-corrected chi connectivity index (χ0v) is 24.9. The summed E-state index contributed by atoms with van der Waals surface area (Å²) in [6.07, 6.45) is 5.12. The number of nitrogens with zero attached hydrogens (tertiary/aromatic N) is 2. The molecule has 3 amide bonds. The van der Waals surface area contributed by atoms with E-state index >= 15 is 0 Å². The molecule has 1 aromatic carbocycles. The van der Waals surface area contributed by atoms with Crippen molar-refractivity contribution in [3.8, 4) is 11.8 Å². The number of ketones is 1. The van der Waals surface area contributed by atoms with Gasteiger partial charge in [0.1, 0.15) is 23.4 Å². The highest BCUT2D eigenvalue weighted by Crippen LogP contribution is 2.31. The van der Waals surface area contributed by atoms with E-state index < -0.39 is 41.4 Å². The number of allylic oxidation sites excluding steroid dienone is 1. The van der Waals surface area contributed by atoms with E-state index in [1.807, 2.05) is 11.0 Å². The first-order chi connectivity index (χ1) is 20.7. The summed E-state index contributed by atoms with van der Waals surface area (Å²) in [5, 5.41) is 17.7. The summed E-state index contributed by atoms with van der Waals surface area (Å²) < 4.78 is 15.9. The van der Waals surface area contributed by atoms with E-state index in [2.05, 4.69) is 22.0 Å². The standard InChI is InChI=1S/C31H41N5O7/c1-31(20-43-31)28(38)25(17-21-5-3-4-6-21)34-30(40)26(18-22-7-9-23(41-2)10-8-22)35-29(39)24(11-12-32)33-27(37)19-36-13-15-42-16-14-36/h5,7-10,24-26H,3-4,6,11,13-20H2,1-2H3,(H,33,37)(H,34,40)(H,35,39)/t24-,25-,26-,31-/m0/s1. The molecule has 3 N–H and O–H groups in total. The van der Waals surface area contributed by atoms with Gasteiger partial charge >= 0.3 is 0 Å². The van der Waals surface area contributed by atoms with Gasteiger partial charge in [0.15, 0.2) is 5.78 Å². The van der Waals surface area contributed by atoms with Crippen molar-refractivity contribution in [3.05, 3.63) is 41.5 Å². The molecule has 1 aromatic rings. The van der Waals surface area contributed by atoms with Crippen LogP contribution in [0.15, 0.2) is 35.9 Å². The van der Waals surface area contributed by atoms with Crippen molar-refractivity contribution in [3.63, 3.8) is 0 Å². The van der Waals surface area contributed by atoms with Crippen LogP contribution in [0.25, 0.3) is 0 Å². The Morgan fingerprint density at radius 3 is 2.30 bits per heavy atom. The molecule has 0 saturated carbocycles. The van der Waals surface area contributed by atoms with Gasteiger partial charge in [-0.05, 0) is 50.3 Å². The molecule has 4 atom stereocenters. The van der Waals surface area contributed by atoms with Crippen molar-refractivity contribution >= 4 is 23.5 Å². The molecule has 0 unspecified atom stereocenters. The average molecular weight is 596 g/mol. The minimum absolute atomic E-state index is 0.0643. The van der Waals surface area contributed by atoms with E-state index in [0.29, 0.717) is 45.1 Å². The molecule has 0 spiro atoms. The van der Waals surface area contributed by atoms with Crippen molar-refractivity contribution in [2.45, 2.75) is 69.2 Å². The molecule has 2 saturated heterocycles. The normalized spacial score (nSPS) is 21.8. The number of nitrogens with one attached hydrogen (secondary N) is 3. The fraction of sp³-hybridized carbons (Fsp3) is 0.581. The third-order valence-corrected chi connectivity index (χ3v) is 7.98. The summed E-state index contributed by atoms with van der Waals surface area (Å²) in [5.74, 6) is -1.17. The monoisotopic (exact) mass is 595 g/mol. The van der Waals surface area contributed by atoms with Gasteiger partial charge in [0.25, 0.3) is 0 Å². The SMILES string of the molecule is COc1ccc(C[C@H](NC(=O)[C@H](CC#N)NC(=O)CN2CCOCC2)C(=O)N[C@@H](CC2=CCCC2)C(=O)[C@]2(C)CO2)cc1. The van der Waals surface area contributed by atoms with Crippen molar-refractivity contribution in [1.29, 1.82) is 5.26 Å². The number of rotatable bonds is 15. The van der Waals surface area contributed by atoms with Crippen LogP contribution >= 0.6 is 0 Å². The van der Waals surface area contributed by atoms with Gasteiger partial charge < -0.3 is 30.2 Å². The van der Waals surface area contributed by atoms with E-state index in [4.69, 9.17) is 14.2 Å². The summed E-state index contributed by atoms with van der Waals surface area (Å²) in [6, 6.07) is 5.95. The van der Waals surface area contributed by atoms with E-state index in [9.17, 15) is 24.4 Å². The molecule has 1 aliphatic carbocycles. The number of hydrogen-bond donors (Lipinski definition) is 3. The molecule has 2 heterocycles. The fourth-order valence-electron chi connectivity index (χ4n) is 5.27. The summed E-state index contributed by atoms with van der Waals surface area (Å²) in [7, 11) is 1.55. The zero-order valence-electron chi connectivity index (χ0n) is 24.9. The lowest BCUT2D eigenvalue weighted by atomic mass is 9.94. The number of Topliss-reactive ketones (excluding diaryl/α,β-unsaturated/α-hetero) is 1. The van der Waals surface area contributed by atoms with Gasteiger partial charge in [0.2, 0.25) is 17.7 Å². The molecule has 12 nitrogen and oxygen atoms in total. The number of morpholine rings is 1. The Bertz CT molecular complexity index is 1230. The van der Waals surface area contributed by atoms with Crippen LogP contribution in [0.1, 0.15) is 44.6 Å². The number of methoxy groups -OCH3 is 1. The van der Waals surface area contributed by atoms with Crippen LogP contribution in [0.5, 0.6) is 5.75 Å². The molecule has 0 aromatic heterocycles. The number of benzene rings is 1. The Morgan fingerprint density at radius 2 is 1.70 bits per heavy atom. The Hall–Kier alpha value is -3.79. The minimum Gasteiger partial charge on any atom is -0.497 e. The smallest absolute Gasteiger partial charge is 0.244 e. The maximum absolute atomic E-state index is 13.8.